The molecule has 5 nitrogen and oxygen atoms in total. The van der Waals surface area contributed by atoms with Gasteiger partial charge in [-0.3, -0.25) is 0 Å². The molecule has 2 fully saturated rings. The number of urea groups is 1. The number of aryl methyl sites for hydroxylation is 1. The number of rotatable bonds is 3. The molecular formula is C19H29N3O2. The molecular weight excluding hydrogens is 302 g/mol. The second-order valence-electron chi connectivity index (χ2n) is 7.02. The monoisotopic (exact) mass is 331 g/mol. The summed E-state index contributed by atoms with van der Waals surface area (Å²) in [5, 5.41) is 3.00. The molecule has 2 heterocycles. The van der Waals surface area contributed by atoms with Crippen molar-refractivity contribution in [1.29, 1.82) is 0 Å². The smallest absolute Gasteiger partial charge is 0.321 e. The number of anilines is 1. The molecule has 0 aliphatic carbocycles. The maximum absolute atomic E-state index is 12.5. The molecule has 0 radical (unpaired) electrons. The third kappa shape index (κ3) is 4.28. The Hall–Kier alpha value is -1.59. The average molecular weight is 331 g/mol. The normalized spacial score (nSPS) is 20.8. The molecule has 0 spiro atoms. The van der Waals surface area contributed by atoms with E-state index in [0.29, 0.717) is 12.1 Å². The van der Waals surface area contributed by atoms with Crippen molar-refractivity contribution in [2.24, 2.45) is 0 Å². The predicted octanol–water partition coefficient (Wildman–Crippen LogP) is 3.10. The highest BCUT2D eigenvalue weighted by atomic mass is 16.5. The van der Waals surface area contributed by atoms with Crippen molar-refractivity contribution >= 4 is 11.7 Å². The van der Waals surface area contributed by atoms with Gasteiger partial charge in [0.1, 0.15) is 0 Å². The van der Waals surface area contributed by atoms with Gasteiger partial charge in [0.25, 0.3) is 0 Å². The van der Waals surface area contributed by atoms with Gasteiger partial charge in [0.2, 0.25) is 0 Å². The maximum atomic E-state index is 12.5. The molecule has 2 aliphatic rings. The highest BCUT2D eigenvalue weighted by Gasteiger charge is 2.29. The van der Waals surface area contributed by atoms with E-state index in [9.17, 15) is 4.79 Å². The lowest BCUT2D eigenvalue weighted by atomic mass is 9.99. The Bertz CT molecular complexity index is 532. The maximum Gasteiger partial charge on any atom is 0.321 e. The lowest BCUT2D eigenvalue weighted by molar-refractivity contribution is 0.0190. The van der Waals surface area contributed by atoms with Gasteiger partial charge in [-0.2, -0.15) is 0 Å². The number of hydrogen-bond donors (Lipinski definition) is 1. The van der Waals surface area contributed by atoms with Crippen LogP contribution in [0.3, 0.4) is 0 Å². The van der Waals surface area contributed by atoms with E-state index >= 15 is 0 Å². The fourth-order valence-corrected chi connectivity index (χ4v) is 3.70. The van der Waals surface area contributed by atoms with Crippen LogP contribution >= 0.6 is 0 Å². The molecule has 0 atom stereocenters. The van der Waals surface area contributed by atoms with Crippen LogP contribution in [0.25, 0.3) is 0 Å². The zero-order chi connectivity index (χ0) is 16.9. The number of nitrogens with zero attached hydrogens (tertiary/aromatic N) is 2. The number of benzene rings is 1. The Labute approximate surface area is 145 Å². The Morgan fingerprint density at radius 1 is 1.12 bits per heavy atom. The van der Waals surface area contributed by atoms with Gasteiger partial charge < -0.3 is 19.9 Å². The van der Waals surface area contributed by atoms with Crippen molar-refractivity contribution in [1.82, 2.24) is 9.80 Å². The van der Waals surface area contributed by atoms with Crippen LogP contribution in [-0.2, 0) is 4.74 Å². The van der Waals surface area contributed by atoms with Gasteiger partial charge in [-0.1, -0.05) is 17.7 Å². The second-order valence-corrected chi connectivity index (χ2v) is 7.02. The first-order chi connectivity index (χ1) is 11.6. The summed E-state index contributed by atoms with van der Waals surface area (Å²) in [6.45, 7) is 5.99. The lowest BCUT2D eigenvalue weighted by Crippen LogP contribution is -2.50. The van der Waals surface area contributed by atoms with E-state index in [0.717, 1.165) is 57.7 Å². The quantitative estimate of drug-likeness (QED) is 0.926. The number of ether oxygens (including phenoxy) is 1. The highest BCUT2D eigenvalue weighted by Crippen LogP contribution is 2.22. The summed E-state index contributed by atoms with van der Waals surface area (Å²) in [5.74, 6) is 0. The standard InChI is InChI=1S/C19H29N3O2/c1-15-3-5-16(6-4-15)20-19(23)21(2)17-7-11-22(12-8-17)18-9-13-24-14-10-18/h3-6,17-18H,7-14H2,1-2H3,(H,20,23). The fraction of sp³-hybridized carbons (Fsp3) is 0.632. The van der Waals surface area contributed by atoms with Crippen LogP contribution in [0.15, 0.2) is 24.3 Å². The molecule has 1 N–H and O–H groups in total. The van der Waals surface area contributed by atoms with Crippen molar-refractivity contribution in [3.05, 3.63) is 29.8 Å². The third-order valence-electron chi connectivity index (χ3n) is 5.38. The van der Waals surface area contributed by atoms with Gasteiger partial charge in [-0.25, -0.2) is 4.79 Å². The summed E-state index contributed by atoms with van der Waals surface area (Å²) in [4.78, 5) is 16.9. The summed E-state index contributed by atoms with van der Waals surface area (Å²) >= 11 is 0. The average Bonchev–Trinajstić information content (AvgIpc) is 2.64. The first-order valence-corrected chi connectivity index (χ1v) is 9.06. The van der Waals surface area contributed by atoms with Gasteiger partial charge in [0.05, 0.1) is 0 Å². The molecule has 3 rings (SSSR count). The van der Waals surface area contributed by atoms with Crippen LogP contribution in [0.1, 0.15) is 31.2 Å². The molecule has 2 amide bonds. The molecule has 0 aromatic heterocycles. The SMILES string of the molecule is Cc1ccc(NC(=O)N(C)C2CCN(C3CCOCC3)CC2)cc1. The van der Waals surface area contributed by atoms with Crippen LogP contribution < -0.4 is 5.32 Å². The van der Waals surface area contributed by atoms with E-state index in [2.05, 4.69) is 10.2 Å². The minimum Gasteiger partial charge on any atom is -0.381 e. The molecule has 132 valence electrons. The largest absolute Gasteiger partial charge is 0.381 e. The molecule has 0 saturated carbocycles. The molecule has 1 aromatic rings. The van der Waals surface area contributed by atoms with Crippen LogP contribution in [0.4, 0.5) is 10.5 Å². The van der Waals surface area contributed by atoms with E-state index in [4.69, 9.17) is 4.74 Å². The number of amides is 2. The van der Waals surface area contributed by atoms with Gasteiger partial charge in [0.15, 0.2) is 0 Å². The van der Waals surface area contributed by atoms with Crippen molar-refractivity contribution in [3.63, 3.8) is 0 Å². The molecule has 2 saturated heterocycles. The molecule has 24 heavy (non-hydrogen) atoms. The fourth-order valence-electron chi connectivity index (χ4n) is 3.70. The Morgan fingerprint density at radius 3 is 2.38 bits per heavy atom. The molecule has 5 heteroatoms. The zero-order valence-electron chi connectivity index (χ0n) is 14.8. The van der Waals surface area contributed by atoms with E-state index in [1.54, 1.807) is 0 Å². The number of carbonyl (C=O) groups excluding carboxylic acids is 1. The van der Waals surface area contributed by atoms with Gasteiger partial charge in [-0.05, 0) is 44.7 Å². The highest BCUT2D eigenvalue weighted by molar-refractivity contribution is 5.89. The topological polar surface area (TPSA) is 44.8 Å². The Morgan fingerprint density at radius 2 is 1.75 bits per heavy atom. The van der Waals surface area contributed by atoms with Crippen LogP contribution in [-0.4, -0.2) is 61.3 Å². The molecule has 1 aromatic carbocycles. The minimum atomic E-state index is -0.0108. The summed E-state index contributed by atoms with van der Waals surface area (Å²) in [5.41, 5.74) is 2.05. The number of piperidine rings is 1. The molecule has 0 unspecified atom stereocenters. The number of likely N-dealkylation sites (tertiary alicyclic amines) is 1. The summed E-state index contributed by atoms with van der Waals surface area (Å²) in [6.07, 6.45) is 4.40. The Balaban J connectivity index is 1.48. The van der Waals surface area contributed by atoms with E-state index in [-0.39, 0.29) is 6.03 Å². The number of carbonyl (C=O) groups is 1. The van der Waals surface area contributed by atoms with Crippen molar-refractivity contribution in [2.45, 2.75) is 44.7 Å². The first-order valence-electron chi connectivity index (χ1n) is 9.06. The summed E-state index contributed by atoms with van der Waals surface area (Å²) in [7, 11) is 1.91. The zero-order valence-corrected chi connectivity index (χ0v) is 14.8. The Kier molecular flexibility index (Phi) is 5.74. The number of hydrogen-bond acceptors (Lipinski definition) is 3. The number of nitrogens with one attached hydrogen (secondary N) is 1. The first kappa shape index (κ1) is 17.2. The van der Waals surface area contributed by atoms with Crippen LogP contribution in [0, 0.1) is 6.92 Å². The predicted molar refractivity (Wildman–Crippen MR) is 96.4 cm³/mol. The van der Waals surface area contributed by atoms with Gasteiger partial charge in [-0.15, -0.1) is 0 Å². The third-order valence-corrected chi connectivity index (χ3v) is 5.38. The summed E-state index contributed by atoms with van der Waals surface area (Å²) < 4.78 is 5.46. The lowest BCUT2D eigenvalue weighted by Gasteiger charge is -2.41. The van der Waals surface area contributed by atoms with E-state index < -0.39 is 0 Å². The van der Waals surface area contributed by atoms with Crippen LogP contribution in [0.2, 0.25) is 0 Å². The van der Waals surface area contributed by atoms with E-state index in [1.807, 2.05) is 43.1 Å². The van der Waals surface area contributed by atoms with Crippen LogP contribution in [0.5, 0.6) is 0 Å². The minimum absolute atomic E-state index is 0.0108. The second kappa shape index (κ2) is 7.99. The summed E-state index contributed by atoms with van der Waals surface area (Å²) in [6, 6.07) is 8.93. The van der Waals surface area contributed by atoms with Gasteiger partial charge in [0, 0.05) is 51.1 Å². The van der Waals surface area contributed by atoms with Crippen molar-refractivity contribution in [3.8, 4) is 0 Å². The van der Waals surface area contributed by atoms with Gasteiger partial charge >= 0.3 is 6.03 Å². The van der Waals surface area contributed by atoms with Crippen molar-refractivity contribution < 1.29 is 9.53 Å². The molecule has 0 bridgehead atoms. The van der Waals surface area contributed by atoms with Crippen molar-refractivity contribution in [2.75, 3.05) is 38.7 Å². The van der Waals surface area contributed by atoms with E-state index in [1.165, 1.54) is 5.56 Å². The molecule has 2 aliphatic heterocycles.